The van der Waals surface area contributed by atoms with Gasteiger partial charge in [0.15, 0.2) is 0 Å². The first kappa shape index (κ1) is 17.8. The zero-order chi connectivity index (χ0) is 16.8. The van der Waals surface area contributed by atoms with Crippen LogP contribution in [0.5, 0.6) is 0 Å². The van der Waals surface area contributed by atoms with Crippen molar-refractivity contribution in [3.8, 4) is 0 Å². The van der Waals surface area contributed by atoms with E-state index >= 15 is 0 Å². The SMILES string of the molecule is CN1CCC(N2CCCC(NC(=O)CSc3ccccc3)C2)CC1. The molecule has 0 bridgehead atoms. The molecule has 2 aliphatic rings. The van der Waals surface area contributed by atoms with E-state index in [1.54, 1.807) is 11.8 Å². The smallest absolute Gasteiger partial charge is 0.230 e. The number of carbonyl (C=O) groups is 1. The average molecular weight is 348 g/mol. The van der Waals surface area contributed by atoms with Crippen molar-refractivity contribution in [2.24, 2.45) is 0 Å². The van der Waals surface area contributed by atoms with Gasteiger partial charge in [-0.15, -0.1) is 11.8 Å². The van der Waals surface area contributed by atoms with Gasteiger partial charge >= 0.3 is 0 Å². The van der Waals surface area contributed by atoms with Gasteiger partial charge in [-0.3, -0.25) is 9.69 Å². The molecule has 1 aromatic rings. The third kappa shape index (κ3) is 5.23. The highest BCUT2D eigenvalue weighted by Crippen LogP contribution is 2.21. The largest absolute Gasteiger partial charge is 0.351 e. The Morgan fingerprint density at radius 1 is 1.17 bits per heavy atom. The van der Waals surface area contributed by atoms with Gasteiger partial charge in [0.1, 0.15) is 0 Å². The van der Waals surface area contributed by atoms with Crippen LogP contribution < -0.4 is 5.32 Å². The molecule has 5 heteroatoms. The lowest BCUT2D eigenvalue weighted by molar-refractivity contribution is -0.119. The van der Waals surface area contributed by atoms with Gasteiger partial charge < -0.3 is 10.2 Å². The molecule has 0 saturated carbocycles. The monoisotopic (exact) mass is 347 g/mol. The minimum Gasteiger partial charge on any atom is -0.351 e. The lowest BCUT2D eigenvalue weighted by Gasteiger charge is -2.41. The van der Waals surface area contributed by atoms with E-state index in [1.165, 1.54) is 38.9 Å². The van der Waals surface area contributed by atoms with Crippen LogP contribution in [0.1, 0.15) is 25.7 Å². The fraction of sp³-hybridized carbons (Fsp3) is 0.632. The minimum atomic E-state index is 0.166. The van der Waals surface area contributed by atoms with Crippen LogP contribution in [0.2, 0.25) is 0 Å². The number of piperidine rings is 2. The van der Waals surface area contributed by atoms with E-state index in [-0.39, 0.29) is 5.91 Å². The summed E-state index contributed by atoms with van der Waals surface area (Å²) in [6.07, 6.45) is 4.84. The summed E-state index contributed by atoms with van der Waals surface area (Å²) < 4.78 is 0. The van der Waals surface area contributed by atoms with Gasteiger partial charge in [0.05, 0.1) is 5.75 Å². The van der Waals surface area contributed by atoms with Crippen LogP contribution in [0.4, 0.5) is 0 Å². The molecule has 4 nitrogen and oxygen atoms in total. The highest BCUT2D eigenvalue weighted by atomic mass is 32.2. The second-order valence-corrected chi connectivity index (χ2v) is 8.09. The van der Waals surface area contributed by atoms with Gasteiger partial charge in [-0.2, -0.15) is 0 Å². The molecule has 1 N–H and O–H groups in total. The van der Waals surface area contributed by atoms with Gasteiger partial charge in [-0.1, -0.05) is 18.2 Å². The lowest BCUT2D eigenvalue weighted by atomic mass is 9.98. The summed E-state index contributed by atoms with van der Waals surface area (Å²) in [5.41, 5.74) is 0. The first-order valence-corrected chi connectivity index (χ1v) is 10.1. The average Bonchev–Trinajstić information content (AvgIpc) is 2.62. The number of nitrogens with zero attached hydrogens (tertiary/aromatic N) is 2. The molecule has 0 spiro atoms. The summed E-state index contributed by atoms with van der Waals surface area (Å²) in [6.45, 7) is 4.62. The number of carbonyl (C=O) groups excluding carboxylic acids is 1. The molecule has 1 unspecified atom stereocenters. The minimum absolute atomic E-state index is 0.166. The van der Waals surface area contributed by atoms with Crippen LogP contribution in [0, 0.1) is 0 Å². The van der Waals surface area contributed by atoms with Gasteiger partial charge in [0, 0.05) is 23.5 Å². The maximum atomic E-state index is 12.3. The van der Waals surface area contributed by atoms with Gasteiger partial charge in [0.25, 0.3) is 0 Å². The Hall–Kier alpha value is -1.04. The first-order valence-electron chi connectivity index (χ1n) is 9.10. The molecule has 1 aromatic carbocycles. The van der Waals surface area contributed by atoms with Gasteiger partial charge in [0.2, 0.25) is 5.91 Å². The molecule has 3 rings (SSSR count). The number of nitrogens with one attached hydrogen (secondary N) is 1. The molecule has 1 amide bonds. The van der Waals surface area contributed by atoms with Crippen molar-refractivity contribution >= 4 is 17.7 Å². The highest BCUT2D eigenvalue weighted by molar-refractivity contribution is 8.00. The molecule has 24 heavy (non-hydrogen) atoms. The van der Waals surface area contributed by atoms with Crippen molar-refractivity contribution < 1.29 is 4.79 Å². The molecule has 2 heterocycles. The summed E-state index contributed by atoms with van der Waals surface area (Å²) in [7, 11) is 2.21. The number of thioether (sulfide) groups is 1. The first-order chi connectivity index (χ1) is 11.7. The fourth-order valence-corrected chi connectivity index (χ4v) is 4.48. The molecule has 1 atom stereocenters. The van der Waals surface area contributed by atoms with E-state index in [1.807, 2.05) is 18.2 Å². The van der Waals surface area contributed by atoms with E-state index in [4.69, 9.17) is 0 Å². The Kier molecular flexibility index (Phi) is 6.58. The van der Waals surface area contributed by atoms with Crippen molar-refractivity contribution in [3.05, 3.63) is 30.3 Å². The second-order valence-electron chi connectivity index (χ2n) is 7.04. The van der Waals surface area contributed by atoms with E-state index in [0.717, 1.165) is 17.9 Å². The Morgan fingerprint density at radius 3 is 2.67 bits per heavy atom. The quantitative estimate of drug-likeness (QED) is 0.830. The predicted molar refractivity (Wildman–Crippen MR) is 100 cm³/mol. The van der Waals surface area contributed by atoms with Crippen LogP contribution >= 0.6 is 11.8 Å². The standard InChI is InChI=1S/C19H29N3OS/c1-21-12-9-17(10-13-21)22-11-5-6-16(14-22)20-19(23)15-24-18-7-3-2-4-8-18/h2-4,7-8,16-17H,5-6,9-15H2,1H3,(H,20,23). The van der Waals surface area contributed by atoms with Crippen LogP contribution in [-0.4, -0.2) is 66.8 Å². The molecule has 2 saturated heterocycles. The van der Waals surface area contributed by atoms with E-state index in [9.17, 15) is 4.79 Å². The number of rotatable bonds is 5. The van der Waals surface area contributed by atoms with Crippen LogP contribution in [0.3, 0.4) is 0 Å². The summed E-state index contributed by atoms with van der Waals surface area (Å²) in [5, 5.41) is 3.26. The van der Waals surface area contributed by atoms with Crippen molar-refractivity contribution in [1.29, 1.82) is 0 Å². The van der Waals surface area contributed by atoms with E-state index in [0.29, 0.717) is 17.8 Å². The van der Waals surface area contributed by atoms with E-state index in [2.05, 4.69) is 34.3 Å². The Bertz CT molecular complexity index is 517. The topological polar surface area (TPSA) is 35.6 Å². The van der Waals surface area contributed by atoms with E-state index < -0.39 is 0 Å². The number of amides is 1. The van der Waals surface area contributed by atoms with Crippen LogP contribution in [-0.2, 0) is 4.79 Å². The predicted octanol–water partition coefficient (Wildman–Crippen LogP) is 2.45. The third-order valence-electron chi connectivity index (χ3n) is 5.14. The van der Waals surface area contributed by atoms with Crippen molar-refractivity contribution in [1.82, 2.24) is 15.1 Å². The molecule has 0 aliphatic carbocycles. The highest BCUT2D eigenvalue weighted by Gasteiger charge is 2.28. The maximum Gasteiger partial charge on any atom is 0.230 e. The zero-order valence-electron chi connectivity index (χ0n) is 14.6. The summed E-state index contributed by atoms with van der Waals surface area (Å²) in [4.78, 5) is 18.4. The Labute approximate surface area is 150 Å². The third-order valence-corrected chi connectivity index (χ3v) is 6.15. The molecule has 0 radical (unpaired) electrons. The zero-order valence-corrected chi connectivity index (χ0v) is 15.4. The van der Waals surface area contributed by atoms with Gasteiger partial charge in [-0.25, -0.2) is 0 Å². The van der Waals surface area contributed by atoms with Crippen molar-refractivity contribution in [2.75, 3.05) is 39.0 Å². The molecule has 2 aliphatic heterocycles. The van der Waals surface area contributed by atoms with Crippen molar-refractivity contribution in [3.63, 3.8) is 0 Å². The molecule has 2 fully saturated rings. The molecule has 0 aromatic heterocycles. The normalized spacial score (nSPS) is 24.0. The van der Waals surface area contributed by atoms with Crippen LogP contribution in [0.25, 0.3) is 0 Å². The molecule has 132 valence electrons. The van der Waals surface area contributed by atoms with Gasteiger partial charge in [-0.05, 0) is 64.5 Å². The maximum absolute atomic E-state index is 12.3. The number of benzene rings is 1. The number of hydrogen-bond donors (Lipinski definition) is 1. The summed E-state index contributed by atoms with van der Waals surface area (Å²) in [5.74, 6) is 0.674. The van der Waals surface area contributed by atoms with Crippen molar-refractivity contribution in [2.45, 2.75) is 42.7 Å². The number of likely N-dealkylation sites (tertiary alicyclic amines) is 2. The summed E-state index contributed by atoms with van der Waals surface area (Å²) >= 11 is 1.62. The fourth-order valence-electron chi connectivity index (χ4n) is 3.75. The molecular weight excluding hydrogens is 318 g/mol. The van der Waals surface area contributed by atoms with Crippen LogP contribution in [0.15, 0.2) is 35.2 Å². The summed E-state index contributed by atoms with van der Waals surface area (Å²) in [6, 6.07) is 11.2. The Morgan fingerprint density at radius 2 is 1.92 bits per heavy atom. The second kappa shape index (κ2) is 8.88. The molecular formula is C19H29N3OS. The lowest BCUT2D eigenvalue weighted by Crippen LogP contribution is -2.53. The number of hydrogen-bond acceptors (Lipinski definition) is 4. The Balaban J connectivity index is 1.42.